The lowest BCUT2D eigenvalue weighted by atomic mass is 10.1. The van der Waals surface area contributed by atoms with Crippen LogP contribution in [0, 0.1) is 0 Å². The fourth-order valence-electron chi connectivity index (χ4n) is 1.23. The van der Waals surface area contributed by atoms with Gasteiger partial charge in [-0.05, 0) is 19.4 Å². The molecule has 0 bridgehead atoms. The molecule has 0 amide bonds. The average molecular weight is 206 g/mol. The summed E-state index contributed by atoms with van der Waals surface area (Å²) in [6.45, 7) is 5.43. The number of hydrogen-bond acceptors (Lipinski definition) is 3. The summed E-state index contributed by atoms with van der Waals surface area (Å²) in [4.78, 5) is 0. The minimum absolute atomic E-state index is 0.650. The molecule has 15 heavy (non-hydrogen) atoms. The van der Waals surface area contributed by atoms with Gasteiger partial charge in [0.25, 0.3) is 0 Å². The fraction of sp³-hybridized carbons (Fsp3) is 0.417. The van der Waals surface area contributed by atoms with E-state index in [1.54, 1.807) is 0 Å². The third-order valence-corrected chi connectivity index (χ3v) is 1.87. The predicted molar refractivity (Wildman–Crippen MR) is 62.9 cm³/mol. The van der Waals surface area contributed by atoms with Crippen molar-refractivity contribution in [2.45, 2.75) is 20.3 Å². The molecule has 1 N–H and O–H groups in total. The van der Waals surface area contributed by atoms with E-state index in [-0.39, 0.29) is 0 Å². The standard InChI is InChI=1S/C12H18N2O/c1-3-13-14-12(15-4-2)10-11-8-6-5-7-9-11/h5-9,13H,3-4,10H2,1-2H3. The zero-order chi connectivity index (χ0) is 10.9. The van der Waals surface area contributed by atoms with E-state index < -0.39 is 0 Å². The molecule has 3 heteroatoms. The average Bonchev–Trinajstić information content (AvgIpc) is 2.28. The lowest BCUT2D eigenvalue weighted by Crippen LogP contribution is -2.15. The van der Waals surface area contributed by atoms with Crippen molar-refractivity contribution in [1.29, 1.82) is 0 Å². The van der Waals surface area contributed by atoms with Crippen LogP contribution < -0.4 is 5.43 Å². The molecule has 82 valence electrons. The fourth-order valence-corrected chi connectivity index (χ4v) is 1.23. The van der Waals surface area contributed by atoms with Gasteiger partial charge < -0.3 is 10.2 Å². The van der Waals surface area contributed by atoms with Crippen molar-refractivity contribution in [3.05, 3.63) is 35.9 Å². The summed E-state index contributed by atoms with van der Waals surface area (Å²) in [7, 11) is 0. The molecule has 0 radical (unpaired) electrons. The van der Waals surface area contributed by atoms with Crippen molar-refractivity contribution in [1.82, 2.24) is 5.43 Å². The van der Waals surface area contributed by atoms with Crippen LogP contribution in [0.2, 0.25) is 0 Å². The summed E-state index contributed by atoms with van der Waals surface area (Å²) in [5, 5.41) is 4.17. The van der Waals surface area contributed by atoms with E-state index in [1.165, 1.54) is 5.56 Å². The number of rotatable bonds is 5. The molecule has 1 aromatic carbocycles. The molecule has 3 nitrogen and oxygen atoms in total. The van der Waals surface area contributed by atoms with Crippen molar-refractivity contribution >= 4 is 5.90 Å². The number of nitrogens with zero attached hydrogens (tertiary/aromatic N) is 1. The number of hydrazone groups is 1. The summed E-state index contributed by atoms with van der Waals surface area (Å²) < 4.78 is 5.44. The molecule has 0 unspecified atom stereocenters. The number of benzene rings is 1. The Labute approximate surface area is 91.1 Å². The van der Waals surface area contributed by atoms with Gasteiger partial charge in [-0.2, -0.15) is 0 Å². The molecule has 0 atom stereocenters. The number of ether oxygens (including phenoxy) is 1. The van der Waals surface area contributed by atoms with Crippen molar-refractivity contribution in [3.8, 4) is 0 Å². The van der Waals surface area contributed by atoms with Crippen LogP contribution in [0.25, 0.3) is 0 Å². The maximum absolute atomic E-state index is 5.44. The Balaban J connectivity index is 2.58. The third kappa shape index (κ3) is 4.49. The molecule has 0 saturated carbocycles. The predicted octanol–water partition coefficient (Wildman–Crippen LogP) is 2.19. The van der Waals surface area contributed by atoms with E-state index in [4.69, 9.17) is 4.74 Å². The van der Waals surface area contributed by atoms with Gasteiger partial charge in [-0.3, -0.25) is 0 Å². The molecule has 0 fully saturated rings. The molecule has 0 aromatic heterocycles. The van der Waals surface area contributed by atoms with E-state index in [9.17, 15) is 0 Å². The minimum atomic E-state index is 0.650. The van der Waals surface area contributed by atoms with Gasteiger partial charge in [-0.15, -0.1) is 5.10 Å². The first-order valence-electron chi connectivity index (χ1n) is 5.33. The maximum atomic E-state index is 5.44. The Bertz CT molecular complexity index is 296. The Morgan fingerprint density at radius 3 is 2.60 bits per heavy atom. The van der Waals surface area contributed by atoms with Crippen molar-refractivity contribution in [2.75, 3.05) is 13.2 Å². The van der Waals surface area contributed by atoms with E-state index in [0.717, 1.165) is 18.9 Å². The quantitative estimate of drug-likeness (QED) is 0.455. The lowest BCUT2D eigenvalue weighted by Gasteiger charge is -2.07. The topological polar surface area (TPSA) is 33.6 Å². The monoisotopic (exact) mass is 206 g/mol. The SMILES string of the molecule is CCNN=C(Cc1ccccc1)OCC. The van der Waals surface area contributed by atoms with Crippen LogP contribution >= 0.6 is 0 Å². The molecule has 0 saturated heterocycles. The van der Waals surface area contributed by atoms with Crippen molar-refractivity contribution < 1.29 is 4.74 Å². The van der Waals surface area contributed by atoms with Gasteiger partial charge >= 0.3 is 0 Å². The second-order valence-corrected chi connectivity index (χ2v) is 3.11. The molecular weight excluding hydrogens is 188 g/mol. The zero-order valence-electron chi connectivity index (χ0n) is 9.36. The summed E-state index contributed by atoms with van der Waals surface area (Å²) in [5.41, 5.74) is 4.13. The van der Waals surface area contributed by atoms with E-state index >= 15 is 0 Å². The van der Waals surface area contributed by atoms with Gasteiger partial charge in [0.05, 0.1) is 13.0 Å². The number of hydrogen-bond donors (Lipinski definition) is 1. The Kier molecular flexibility index (Phi) is 5.30. The Hall–Kier alpha value is -1.51. The van der Waals surface area contributed by atoms with Crippen LogP contribution in [0.1, 0.15) is 19.4 Å². The lowest BCUT2D eigenvalue weighted by molar-refractivity contribution is 0.316. The molecule has 0 aliphatic carbocycles. The van der Waals surface area contributed by atoms with E-state index in [0.29, 0.717) is 6.61 Å². The van der Waals surface area contributed by atoms with Gasteiger partial charge in [0.2, 0.25) is 5.90 Å². The highest BCUT2D eigenvalue weighted by atomic mass is 16.5. The van der Waals surface area contributed by atoms with E-state index in [1.807, 2.05) is 32.0 Å². The molecule has 0 aliphatic rings. The first kappa shape index (κ1) is 11.6. The van der Waals surface area contributed by atoms with Crippen LogP contribution in [0.15, 0.2) is 35.4 Å². The number of nitrogens with one attached hydrogen (secondary N) is 1. The summed E-state index contributed by atoms with van der Waals surface area (Å²) in [6, 6.07) is 10.2. The van der Waals surface area contributed by atoms with Crippen LogP contribution in [-0.2, 0) is 11.2 Å². The summed E-state index contributed by atoms with van der Waals surface area (Å²) in [6.07, 6.45) is 0.738. The normalized spacial score (nSPS) is 11.2. The van der Waals surface area contributed by atoms with Gasteiger partial charge in [0, 0.05) is 6.54 Å². The van der Waals surface area contributed by atoms with Crippen LogP contribution in [0.4, 0.5) is 0 Å². The minimum Gasteiger partial charge on any atom is -0.480 e. The summed E-state index contributed by atoms with van der Waals surface area (Å²) >= 11 is 0. The Morgan fingerprint density at radius 1 is 1.27 bits per heavy atom. The second kappa shape index (κ2) is 6.87. The summed E-state index contributed by atoms with van der Waals surface area (Å²) in [5.74, 6) is 0.741. The highest BCUT2D eigenvalue weighted by Crippen LogP contribution is 2.01. The molecule has 0 aliphatic heterocycles. The van der Waals surface area contributed by atoms with E-state index in [2.05, 4.69) is 22.7 Å². The highest BCUT2D eigenvalue weighted by molar-refractivity contribution is 5.78. The highest BCUT2D eigenvalue weighted by Gasteiger charge is 2.01. The molecule has 0 heterocycles. The van der Waals surface area contributed by atoms with Gasteiger partial charge in [-0.1, -0.05) is 30.3 Å². The largest absolute Gasteiger partial charge is 0.480 e. The molecule has 1 rings (SSSR count). The van der Waals surface area contributed by atoms with Gasteiger partial charge in [0.15, 0.2) is 0 Å². The third-order valence-electron chi connectivity index (χ3n) is 1.87. The maximum Gasteiger partial charge on any atom is 0.210 e. The van der Waals surface area contributed by atoms with Gasteiger partial charge in [-0.25, -0.2) is 0 Å². The molecule has 1 aromatic rings. The molecule has 0 spiro atoms. The van der Waals surface area contributed by atoms with Crippen molar-refractivity contribution in [2.24, 2.45) is 5.10 Å². The van der Waals surface area contributed by atoms with Gasteiger partial charge in [0.1, 0.15) is 0 Å². The molecular formula is C12H18N2O. The Morgan fingerprint density at radius 2 is 2.00 bits per heavy atom. The second-order valence-electron chi connectivity index (χ2n) is 3.11. The van der Waals surface area contributed by atoms with Crippen LogP contribution in [0.3, 0.4) is 0 Å². The first-order chi connectivity index (χ1) is 7.36. The zero-order valence-corrected chi connectivity index (χ0v) is 9.36. The van der Waals surface area contributed by atoms with Crippen molar-refractivity contribution in [3.63, 3.8) is 0 Å². The van der Waals surface area contributed by atoms with Crippen LogP contribution in [0.5, 0.6) is 0 Å². The first-order valence-corrected chi connectivity index (χ1v) is 5.33. The van der Waals surface area contributed by atoms with Crippen LogP contribution in [-0.4, -0.2) is 19.0 Å². The smallest absolute Gasteiger partial charge is 0.210 e.